The van der Waals surface area contributed by atoms with Crippen LogP contribution in [0.3, 0.4) is 0 Å². The molecule has 0 atom stereocenters. The van der Waals surface area contributed by atoms with Gasteiger partial charge in [0.1, 0.15) is 0 Å². The fourth-order valence-electron chi connectivity index (χ4n) is 4.04. The van der Waals surface area contributed by atoms with Gasteiger partial charge in [-0.3, -0.25) is 4.79 Å². The fraction of sp³-hybridized carbons (Fsp3) is 0.292. The third-order valence-electron chi connectivity index (χ3n) is 5.61. The number of nitrogens with zero attached hydrogens (tertiary/aromatic N) is 3. The van der Waals surface area contributed by atoms with Crippen LogP contribution in [0.15, 0.2) is 47.1 Å². The molecule has 0 spiro atoms. The lowest BCUT2D eigenvalue weighted by Crippen LogP contribution is -2.18. The zero-order valence-electron chi connectivity index (χ0n) is 17.7. The molecule has 0 saturated carbocycles. The van der Waals surface area contributed by atoms with Gasteiger partial charge in [0.15, 0.2) is 0 Å². The van der Waals surface area contributed by atoms with Gasteiger partial charge in [-0.1, -0.05) is 17.3 Å². The molecule has 0 radical (unpaired) electrons. The normalized spacial score (nSPS) is 16.3. The minimum Gasteiger partial charge on any atom is -0.342 e. The molecule has 1 aliphatic rings. The lowest BCUT2D eigenvalue weighted by atomic mass is 10.0. The largest absolute Gasteiger partial charge is 0.342 e. The quantitative estimate of drug-likeness (QED) is 0.282. The first kappa shape index (κ1) is 19.9. The Morgan fingerprint density at radius 1 is 1.13 bits per heavy atom. The van der Waals surface area contributed by atoms with Gasteiger partial charge >= 0.3 is 5.97 Å². The number of likely N-dealkylation sites (N-methyl/N-ethyl adjacent to an activating group) is 1. The van der Waals surface area contributed by atoms with E-state index in [1.165, 1.54) is 6.92 Å². The molecule has 0 N–H and O–H groups in total. The highest BCUT2D eigenvalue weighted by Gasteiger charge is 2.22. The van der Waals surface area contributed by atoms with E-state index in [9.17, 15) is 9.59 Å². The molecular weight excluding hydrogens is 378 g/mol. The molecule has 1 aliphatic heterocycles. The third-order valence-corrected chi connectivity index (χ3v) is 5.61. The van der Waals surface area contributed by atoms with Crippen LogP contribution in [0, 0.1) is 0 Å². The summed E-state index contributed by atoms with van der Waals surface area (Å²) in [5, 5.41) is 6.15. The van der Waals surface area contributed by atoms with Crippen LogP contribution >= 0.6 is 0 Å². The van der Waals surface area contributed by atoms with Crippen LogP contribution in [0.25, 0.3) is 27.9 Å². The van der Waals surface area contributed by atoms with Gasteiger partial charge in [-0.25, -0.2) is 4.79 Å². The molecule has 3 aromatic rings. The number of oxime groups is 1. The maximum absolute atomic E-state index is 12.3. The summed E-state index contributed by atoms with van der Waals surface area (Å²) in [6.45, 7) is 6.90. The molecule has 0 bridgehead atoms. The predicted molar refractivity (Wildman–Crippen MR) is 119 cm³/mol. The van der Waals surface area contributed by atoms with Crippen molar-refractivity contribution >= 4 is 45.5 Å². The Morgan fingerprint density at radius 3 is 2.47 bits per heavy atom. The average molecular weight is 403 g/mol. The second kappa shape index (κ2) is 7.78. The van der Waals surface area contributed by atoms with Crippen molar-refractivity contribution in [1.29, 1.82) is 0 Å². The summed E-state index contributed by atoms with van der Waals surface area (Å²) < 4.78 is 2.28. The van der Waals surface area contributed by atoms with Crippen LogP contribution < -0.4 is 0 Å². The number of carbonyl (C=O) groups is 2. The Labute approximate surface area is 175 Å². The zero-order valence-corrected chi connectivity index (χ0v) is 17.7. The van der Waals surface area contributed by atoms with Crippen molar-refractivity contribution in [2.75, 3.05) is 13.6 Å². The fourth-order valence-corrected chi connectivity index (χ4v) is 4.04. The first-order chi connectivity index (χ1) is 14.4. The molecule has 30 heavy (non-hydrogen) atoms. The average Bonchev–Trinajstić information content (AvgIpc) is 3.22. The number of hydrogen-bond acceptors (Lipinski definition) is 4. The molecule has 6 heteroatoms. The number of amides is 1. The van der Waals surface area contributed by atoms with Gasteiger partial charge in [-0.15, -0.1) is 0 Å². The van der Waals surface area contributed by atoms with Crippen LogP contribution in [-0.4, -0.2) is 40.6 Å². The third kappa shape index (κ3) is 3.49. The van der Waals surface area contributed by atoms with Crippen molar-refractivity contribution in [3.63, 3.8) is 0 Å². The molecule has 0 aliphatic carbocycles. The number of aryl methyl sites for hydroxylation is 1. The van der Waals surface area contributed by atoms with Gasteiger partial charge in [0, 0.05) is 54.4 Å². The maximum Gasteiger partial charge on any atom is 0.331 e. The molecule has 1 fully saturated rings. The van der Waals surface area contributed by atoms with Crippen LogP contribution in [-0.2, 0) is 21.0 Å². The molecule has 1 aromatic heterocycles. The number of benzene rings is 2. The van der Waals surface area contributed by atoms with E-state index >= 15 is 0 Å². The van der Waals surface area contributed by atoms with Crippen LogP contribution in [0.1, 0.15) is 38.3 Å². The smallest absolute Gasteiger partial charge is 0.331 e. The molecule has 1 amide bonds. The van der Waals surface area contributed by atoms with Gasteiger partial charge < -0.3 is 14.3 Å². The lowest BCUT2D eigenvalue weighted by Gasteiger charge is -2.05. The van der Waals surface area contributed by atoms with E-state index in [-0.39, 0.29) is 5.91 Å². The Kier molecular flexibility index (Phi) is 5.16. The molecule has 4 rings (SSSR count). The van der Waals surface area contributed by atoms with E-state index in [1.807, 2.05) is 26.1 Å². The number of aromatic nitrogens is 1. The Morgan fingerprint density at radius 2 is 1.83 bits per heavy atom. The SMILES string of the molecule is CCn1c2ccc(/C=C3\CCN(C)C3=O)cc2c2cc(/C(C)=N/OC(C)=O)ccc21. The maximum atomic E-state index is 12.3. The van der Waals surface area contributed by atoms with Crippen molar-refractivity contribution in [2.24, 2.45) is 5.16 Å². The Hall–Kier alpha value is -3.41. The zero-order chi connectivity index (χ0) is 21.4. The molecular formula is C24H25N3O3. The van der Waals surface area contributed by atoms with E-state index in [0.29, 0.717) is 5.71 Å². The van der Waals surface area contributed by atoms with E-state index in [1.54, 1.807) is 4.90 Å². The van der Waals surface area contributed by atoms with Gasteiger partial charge in [0.25, 0.3) is 0 Å². The van der Waals surface area contributed by atoms with E-state index in [4.69, 9.17) is 4.84 Å². The molecule has 0 unspecified atom stereocenters. The number of hydrogen-bond donors (Lipinski definition) is 0. The van der Waals surface area contributed by atoms with Crippen LogP contribution in [0.5, 0.6) is 0 Å². The molecule has 2 aromatic carbocycles. The van der Waals surface area contributed by atoms with Crippen LogP contribution in [0.4, 0.5) is 0 Å². The topological polar surface area (TPSA) is 63.9 Å². The van der Waals surface area contributed by atoms with Gasteiger partial charge in [-0.05, 0) is 61.7 Å². The number of fused-ring (bicyclic) bond motifs is 3. The second-order valence-corrected chi connectivity index (χ2v) is 7.66. The summed E-state index contributed by atoms with van der Waals surface area (Å²) in [5.41, 5.74) is 5.69. The molecule has 1 saturated heterocycles. The monoisotopic (exact) mass is 403 g/mol. The van der Waals surface area contributed by atoms with Gasteiger partial charge in [0.2, 0.25) is 5.91 Å². The number of likely N-dealkylation sites (tertiary alicyclic amines) is 1. The number of rotatable bonds is 4. The number of carbonyl (C=O) groups excluding carboxylic acids is 2. The Bertz CT molecular complexity index is 1230. The second-order valence-electron chi connectivity index (χ2n) is 7.66. The summed E-state index contributed by atoms with van der Waals surface area (Å²) in [7, 11) is 1.84. The highest BCUT2D eigenvalue weighted by molar-refractivity contribution is 6.12. The summed E-state index contributed by atoms with van der Waals surface area (Å²) >= 11 is 0. The highest BCUT2D eigenvalue weighted by atomic mass is 16.7. The van der Waals surface area contributed by atoms with Gasteiger partial charge in [-0.2, -0.15) is 0 Å². The van der Waals surface area contributed by atoms with E-state index in [2.05, 4.69) is 47.0 Å². The standard InChI is InChI=1S/C24H25N3O3/c1-5-27-22-8-6-17(12-19-10-11-26(4)24(19)29)13-20(22)21-14-18(7-9-23(21)27)15(2)25-30-16(3)28/h6-9,12-14H,5,10-11H2,1-4H3/b19-12+,25-15+. The Balaban J connectivity index is 1.85. The minimum absolute atomic E-state index is 0.102. The predicted octanol–water partition coefficient (Wildman–Crippen LogP) is 4.35. The van der Waals surface area contributed by atoms with Crippen molar-refractivity contribution in [3.8, 4) is 0 Å². The van der Waals surface area contributed by atoms with Crippen LogP contribution in [0.2, 0.25) is 0 Å². The summed E-state index contributed by atoms with van der Waals surface area (Å²) in [5.74, 6) is -0.339. The highest BCUT2D eigenvalue weighted by Crippen LogP contribution is 2.32. The van der Waals surface area contributed by atoms with Crippen molar-refractivity contribution < 1.29 is 14.4 Å². The first-order valence-electron chi connectivity index (χ1n) is 10.1. The molecule has 2 heterocycles. The molecule has 154 valence electrons. The van der Waals surface area contributed by atoms with E-state index in [0.717, 1.165) is 58.0 Å². The van der Waals surface area contributed by atoms with Crippen molar-refractivity contribution in [2.45, 2.75) is 33.7 Å². The van der Waals surface area contributed by atoms with E-state index < -0.39 is 5.97 Å². The summed E-state index contributed by atoms with van der Waals surface area (Å²) in [6.07, 6.45) is 2.78. The lowest BCUT2D eigenvalue weighted by molar-refractivity contribution is -0.140. The van der Waals surface area contributed by atoms with Crippen molar-refractivity contribution in [1.82, 2.24) is 9.47 Å². The molecule has 6 nitrogen and oxygen atoms in total. The summed E-state index contributed by atoms with van der Waals surface area (Å²) in [6, 6.07) is 12.5. The summed E-state index contributed by atoms with van der Waals surface area (Å²) in [4.78, 5) is 29.9. The minimum atomic E-state index is -0.442. The first-order valence-corrected chi connectivity index (χ1v) is 10.1. The van der Waals surface area contributed by atoms with Gasteiger partial charge in [0.05, 0.1) is 5.71 Å². The van der Waals surface area contributed by atoms with Crippen molar-refractivity contribution in [3.05, 3.63) is 53.1 Å².